The van der Waals surface area contributed by atoms with Crippen LogP contribution < -0.4 is 5.73 Å². The quantitative estimate of drug-likeness (QED) is 0.888. The van der Waals surface area contributed by atoms with Crippen LogP contribution in [0.15, 0.2) is 22.7 Å². The minimum atomic E-state index is -0.254. The van der Waals surface area contributed by atoms with Gasteiger partial charge in [-0.05, 0) is 43.8 Å². The number of aromatic nitrogens is 2. The Labute approximate surface area is 130 Å². The van der Waals surface area contributed by atoms with Crippen molar-refractivity contribution in [1.29, 1.82) is 0 Å². The van der Waals surface area contributed by atoms with Crippen LogP contribution in [0.4, 0.5) is 0 Å². The second-order valence-electron chi connectivity index (χ2n) is 5.01. The highest BCUT2D eigenvalue weighted by molar-refractivity contribution is 6.31. The lowest BCUT2D eigenvalue weighted by molar-refractivity contribution is 0.278. The van der Waals surface area contributed by atoms with Gasteiger partial charge >= 0.3 is 0 Å². The van der Waals surface area contributed by atoms with Crippen LogP contribution >= 0.6 is 11.6 Å². The molecule has 0 aliphatic rings. The Morgan fingerprint density at radius 1 is 1.33 bits per heavy atom. The summed E-state index contributed by atoms with van der Waals surface area (Å²) in [7, 11) is 0. The molecule has 0 radical (unpaired) electrons. The molecule has 2 aromatic rings. The number of halogens is 1. The van der Waals surface area contributed by atoms with Crippen molar-refractivity contribution in [3.8, 4) is 11.5 Å². The molecule has 0 saturated heterocycles. The van der Waals surface area contributed by atoms with Gasteiger partial charge in [0, 0.05) is 17.1 Å². The summed E-state index contributed by atoms with van der Waals surface area (Å²) in [6.45, 7) is 8.76. The van der Waals surface area contributed by atoms with Gasteiger partial charge in [0.15, 0.2) is 5.82 Å². The van der Waals surface area contributed by atoms with Gasteiger partial charge in [-0.25, -0.2) is 0 Å². The number of aryl methyl sites for hydroxylation is 1. The van der Waals surface area contributed by atoms with Crippen LogP contribution in [0.1, 0.15) is 31.3 Å². The first kappa shape index (κ1) is 15.9. The number of hydrogen-bond acceptors (Lipinski definition) is 5. The molecule has 0 spiro atoms. The van der Waals surface area contributed by atoms with E-state index in [1.54, 1.807) is 0 Å². The summed E-state index contributed by atoms with van der Waals surface area (Å²) in [4.78, 5) is 6.63. The van der Waals surface area contributed by atoms with Gasteiger partial charge in [-0.1, -0.05) is 30.6 Å². The van der Waals surface area contributed by atoms with Gasteiger partial charge in [-0.3, -0.25) is 0 Å². The number of rotatable bonds is 6. The second-order valence-corrected chi connectivity index (χ2v) is 5.42. The van der Waals surface area contributed by atoms with E-state index in [-0.39, 0.29) is 6.04 Å². The molecule has 21 heavy (non-hydrogen) atoms. The Morgan fingerprint density at radius 3 is 2.67 bits per heavy atom. The maximum Gasteiger partial charge on any atom is 0.257 e. The molecule has 1 heterocycles. The van der Waals surface area contributed by atoms with Crippen LogP contribution in [-0.2, 0) is 0 Å². The molecule has 114 valence electrons. The van der Waals surface area contributed by atoms with Crippen LogP contribution in [0.5, 0.6) is 0 Å². The highest BCUT2D eigenvalue weighted by Crippen LogP contribution is 2.24. The van der Waals surface area contributed by atoms with E-state index < -0.39 is 0 Å². The lowest BCUT2D eigenvalue weighted by atomic mass is 10.1. The van der Waals surface area contributed by atoms with E-state index in [1.807, 2.05) is 25.1 Å². The minimum absolute atomic E-state index is 0.254. The van der Waals surface area contributed by atoms with Crippen molar-refractivity contribution in [2.75, 3.05) is 19.6 Å². The number of benzene rings is 1. The molecule has 0 bridgehead atoms. The first-order chi connectivity index (χ1) is 10.0. The molecule has 6 heteroatoms. The van der Waals surface area contributed by atoms with Crippen molar-refractivity contribution < 1.29 is 4.52 Å². The Hall–Kier alpha value is -1.43. The lowest BCUT2D eigenvalue weighted by Crippen LogP contribution is -2.32. The van der Waals surface area contributed by atoms with E-state index in [4.69, 9.17) is 21.9 Å². The molecule has 0 aliphatic carbocycles. The standard InChI is InChI=1S/C15H21ClN4O/c1-4-20(5-2)9-13(17)14-18-15(21-19-14)11-6-7-12(16)10(3)8-11/h6-8,13H,4-5,9,17H2,1-3H3. The molecular weight excluding hydrogens is 288 g/mol. The summed E-state index contributed by atoms with van der Waals surface area (Å²) in [5.41, 5.74) is 7.97. The van der Waals surface area contributed by atoms with Gasteiger partial charge in [0.25, 0.3) is 5.89 Å². The van der Waals surface area contributed by atoms with Gasteiger partial charge in [-0.2, -0.15) is 4.98 Å². The van der Waals surface area contributed by atoms with Crippen LogP contribution in [0.3, 0.4) is 0 Å². The van der Waals surface area contributed by atoms with Crippen molar-refractivity contribution in [3.63, 3.8) is 0 Å². The summed E-state index contributed by atoms with van der Waals surface area (Å²) < 4.78 is 5.31. The third kappa shape index (κ3) is 3.81. The van der Waals surface area contributed by atoms with Crippen molar-refractivity contribution in [2.45, 2.75) is 26.8 Å². The smallest absolute Gasteiger partial charge is 0.257 e. The summed E-state index contributed by atoms with van der Waals surface area (Å²) in [5.74, 6) is 1.00. The number of hydrogen-bond donors (Lipinski definition) is 1. The van der Waals surface area contributed by atoms with Gasteiger partial charge in [0.05, 0.1) is 6.04 Å². The van der Waals surface area contributed by atoms with Crippen molar-refractivity contribution in [3.05, 3.63) is 34.6 Å². The number of likely N-dealkylation sites (N-methyl/N-ethyl adjacent to an activating group) is 1. The zero-order valence-electron chi connectivity index (χ0n) is 12.6. The average Bonchev–Trinajstić information content (AvgIpc) is 2.97. The van der Waals surface area contributed by atoms with Gasteiger partial charge in [-0.15, -0.1) is 0 Å². The zero-order valence-corrected chi connectivity index (χ0v) is 13.4. The Balaban J connectivity index is 2.15. The van der Waals surface area contributed by atoms with Crippen molar-refractivity contribution in [1.82, 2.24) is 15.0 Å². The third-order valence-electron chi connectivity index (χ3n) is 3.53. The minimum Gasteiger partial charge on any atom is -0.334 e. The van der Waals surface area contributed by atoms with Crippen LogP contribution in [0.2, 0.25) is 5.02 Å². The lowest BCUT2D eigenvalue weighted by Gasteiger charge is -2.20. The first-order valence-corrected chi connectivity index (χ1v) is 7.51. The molecule has 2 N–H and O–H groups in total. The van der Waals surface area contributed by atoms with E-state index in [0.717, 1.165) is 29.2 Å². The molecule has 1 unspecified atom stereocenters. The molecule has 0 saturated carbocycles. The zero-order chi connectivity index (χ0) is 15.4. The predicted octanol–water partition coefficient (Wildman–Crippen LogP) is 3.04. The molecule has 1 atom stereocenters. The summed E-state index contributed by atoms with van der Waals surface area (Å²) in [6.07, 6.45) is 0. The molecule has 1 aromatic heterocycles. The fraction of sp³-hybridized carbons (Fsp3) is 0.467. The average molecular weight is 309 g/mol. The van der Waals surface area contributed by atoms with Gasteiger partial charge < -0.3 is 15.2 Å². The molecule has 0 amide bonds. The maximum absolute atomic E-state index is 6.14. The summed E-state index contributed by atoms with van der Waals surface area (Å²) >= 11 is 6.02. The third-order valence-corrected chi connectivity index (χ3v) is 3.95. The highest BCUT2D eigenvalue weighted by atomic mass is 35.5. The van der Waals surface area contributed by atoms with Gasteiger partial charge in [0.1, 0.15) is 0 Å². The Kier molecular flexibility index (Phi) is 5.33. The molecule has 0 fully saturated rings. The molecular formula is C15H21ClN4O. The van der Waals surface area contributed by atoms with Crippen LogP contribution in [0, 0.1) is 6.92 Å². The fourth-order valence-corrected chi connectivity index (χ4v) is 2.24. The second kappa shape index (κ2) is 7.02. The monoisotopic (exact) mass is 308 g/mol. The van der Waals surface area contributed by atoms with E-state index in [0.29, 0.717) is 18.3 Å². The maximum atomic E-state index is 6.14. The Morgan fingerprint density at radius 2 is 2.05 bits per heavy atom. The molecule has 5 nitrogen and oxygen atoms in total. The van der Waals surface area contributed by atoms with Crippen LogP contribution in [-0.4, -0.2) is 34.7 Å². The Bertz CT molecular complexity index is 595. The fourth-order valence-electron chi connectivity index (χ4n) is 2.12. The van der Waals surface area contributed by atoms with E-state index >= 15 is 0 Å². The SMILES string of the molecule is CCN(CC)CC(N)c1noc(-c2ccc(Cl)c(C)c2)n1. The van der Waals surface area contributed by atoms with E-state index in [2.05, 4.69) is 28.9 Å². The predicted molar refractivity (Wildman–Crippen MR) is 84.2 cm³/mol. The first-order valence-electron chi connectivity index (χ1n) is 7.13. The van der Waals surface area contributed by atoms with Crippen LogP contribution in [0.25, 0.3) is 11.5 Å². The van der Waals surface area contributed by atoms with E-state index in [1.165, 1.54) is 0 Å². The van der Waals surface area contributed by atoms with Gasteiger partial charge in [0.2, 0.25) is 0 Å². The number of nitrogens with zero attached hydrogens (tertiary/aromatic N) is 3. The normalized spacial score (nSPS) is 12.9. The van der Waals surface area contributed by atoms with Crippen molar-refractivity contribution in [2.24, 2.45) is 5.73 Å². The molecule has 2 rings (SSSR count). The molecule has 0 aliphatic heterocycles. The highest BCUT2D eigenvalue weighted by Gasteiger charge is 2.17. The largest absolute Gasteiger partial charge is 0.334 e. The molecule has 1 aromatic carbocycles. The number of nitrogens with two attached hydrogens (primary N) is 1. The topological polar surface area (TPSA) is 68.2 Å². The summed E-state index contributed by atoms with van der Waals surface area (Å²) in [6, 6.07) is 5.36. The van der Waals surface area contributed by atoms with Crippen molar-refractivity contribution >= 4 is 11.6 Å². The summed E-state index contributed by atoms with van der Waals surface area (Å²) in [5, 5.41) is 4.71. The van der Waals surface area contributed by atoms with E-state index in [9.17, 15) is 0 Å².